The van der Waals surface area contributed by atoms with Gasteiger partial charge in [-0.05, 0) is 42.7 Å². The topological polar surface area (TPSA) is 67.6 Å². The molecule has 0 radical (unpaired) electrons. The van der Waals surface area contributed by atoms with E-state index in [0.29, 0.717) is 12.1 Å². The van der Waals surface area contributed by atoms with Crippen LogP contribution in [-0.2, 0) is 24.4 Å². The summed E-state index contributed by atoms with van der Waals surface area (Å²) in [7, 11) is 0. The lowest BCUT2D eigenvalue weighted by Gasteiger charge is -2.35. The first-order valence-corrected chi connectivity index (χ1v) is 9.55. The average Bonchev–Trinajstić information content (AvgIpc) is 2.62. The average molecular weight is 367 g/mol. The molecule has 0 aliphatic carbocycles. The number of rotatable bonds is 7. The van der Waals surface area contributed by atoms with Gasteiger partial charge >= 0.3 is 0 Å². The molecule has 0 saturated carbocycles. The summed E-state index contributed by atoms with van der Waals surface area (Å²) in [6.07, 6.45) is 0.549. The first kappa shape index (κ1) is 19.5. The number of carbonyl (C=O) groups excluding carboxylic acids is 1. The molecule has 1 aliphatic heterocycles. The number of primary amides is 1. The van der Waals surface area contributed by atoms with Crippen LogP contribution in [-0.4, -0.2) is 36.1 Å². The van der Waals surface area contributed by atoms with E-state index in [0.717, 1.165) is 31.7 Å². The summed E-state index contributed by atoms with van der Waals surface area (Å²) in [4.78, 5) is 13.8. The predicted octanol–water partition coefficient (Wildman–Crippen LogP) is 2.68. The molecule has 1 heterocycles. The largest absolute Gasteiger partial charge is 0.373 e. The maximum absolute atomic E-state index is 11.3. The number of hydrogen-bond donors (Lipinski definition) is 2. The highest BCUT2D eigenvalue weighted by atomic mass is 16.5. The van der Waals surface area contributed by atoms with Gasteiger partial charge in [0.2, 0.25) is 5.91 Å². The molecular weight excluding hydrogens is 338 g/mol. The van der Waals surface area contributed by atoms with Gasteiger partial charge in [-0.15, -0.1) is 0 Å². The van der Waals surface area contributed by atoms with Crippen LogP contribution < -0.4 is 11.1 Å². The fraction of sp³-hybridized carbons (Fsp3) is 0.409. The van der Waals surface area contributed by atoms with Gasteiger partial charge in [-0.1, -0.05) is 36.4 Å². The number of amides is 1. The number of nitrogens with two attached hydrogens (primary N) is 1. The molecule has 144 valence electrons. The lowest BCUT2D eigenvalue weighted by atomic mass is 10.1. The van der Waals surface area contributed by atoms with Crippen molar-refractivity contribution in [1.82, 2.24) is 10.2 Å². The van der Waals surface area contributed by atoms with E-state index in [1.807, 2.05) is 18.2 Å². The first-order valence-electron chi connectivity index (χ1n) is 9.55. The van der Waals surface area contributed by atoms with Crippen molar-refractivity contribution in [2.75, 3.05) is 13.1 Å². The van der Waals surface area contributed by atoms with Gasteiger partial charge in [0.15, 0.2) is 0 Å². The van der Waals surface area contributed by atoms with Crippen molar-refractivity contribution in [2.24, 2.45) is 5.73 Å². The number of hydrogen-bond acceptors (Lipinski definition) is 4. The third-order valence-electron chi connectivity index (χ3n) is 4.86. The Morgan fingerprint density at radius 2 is 1.78 bits per heavy atom. The van der Waals surface area contributed by atoms with Crippen molar-refractivity contribution >= 4 is 5.91 Å². The molecule has 2 aromatic carbocycles. The standard InChI is InChI=1S/C22H29N3O2/c1-16-13-25(14-17(2)27-16)15-21-8-4-3-7-20(21)12-24-11-18-6-5-9-19(10-18)22(23)26/h3-10,16-17,24H,11-15H2,1-2H3,(H2,23,26). The number of carbonyl (C=O) groups is 1. The number of nitrogens with zero attached hydrogens (tertiary/aromatic N) is 1. The zero-order valence-corrected chi connectivity index (χ0v) is 16.2. The second kappa shape index (κ2) is 9.13. The molecule has 5 heteroatoms. The molecule has 2 atom stereocenters. The summed E-state index contributed by atoms with van der Waals surface area (Å²) in [5.74, 6) is -0.392. The number of morpholine rings is 1. The molecule has 1 saturated heterocycles. The third kappa shape index (κ3) is 5.63. The van der Waals surface area contributed by atoms with E-state index in [1.54, 1.807) is 6.07 Å². The SMILES string of the molecule is CC1CN(Cc2ccccc2CNCc2cccc(C(N)=O)c2)CC(C)O1. The molecule has 0 bridgehead atoms. The summed E-state index contributed by atoms with van der Waals surface area (Å²) in [5.41, 5.74) is 9.61. The van der Waals surface area contributed by atoms with Crippen LogP contribution in [0.1, 0.15) is 40.9 Å². The van der Waals surface area contributed by atoms with Crippen molar-refractivity contribution in [3.63, 3.8) is 0 Å². The zero-order chi connectivity index (χ0) is 19.2. The molecule has 1 amide bonds. The van der Waals surface area contributed by atoms with Crippen LogP contribution in [0, 0.1) is 0 Å². The van der Waals surface area contributed by atoms with E-state index in [-0.39, 0.29) is 12.2 Å². The maximum Gasteiger partial charge on any atom is 0.248 e. The highest BCUT2D eigenvalue weighted by Crippen LogP contribution is 2.17. The molecule has 3 rings (SSSR count). The number of ether oxygens (including phenoxy) is 1. The fourth-order valence-electron chi connectivity index (χ4n) is 3.71. The Balaban J connectivity index is 1.59. The van der Waals surface area contributed by atoms with Gasteiger partial charge in [0.1, 0.15) is 0 Å². The second-order valence-electron chi connectivity index (χ2n) is 7.39. The molecule has 2 aromatic rings. The van der Waals surface area contributed by atoms with Crippen LogP contribution in [0.15, 0.2) is 48.5 Å². The smallest absolute Gasteiger partial charge is 0.248 e. The van der Waals surface area contributed by atoms with Crippen LogP contribution in [0.3, 0.4) is 0 Å². The summed E-state index contributed by atoms with van der Waals surface area (Å²) in [6.45, 7) is 8.62. The lowest BCUT2D eigenvalue weighted by Crippen LogP contribution is -2.45. The van der Waals surface area contributed by atoms with Crippen LogP contribution in [0.25, 0.3) is 0 Å². The van der Waals surface area contributed by atoms with Gasteiger partial charge in [0.25, 0.3) is 0 Å². The van der Waals surface area contributed by atoms with Gasteiger partial charge < -0.3 is 15.8 Å². The summed E-state index contributed by atoms with van der Waals surface area (Å²) in [6, 6.07) is 16.0. The zero-order valence-electron chi connectivity index (χ0n) is 16.2. The van der Waals surface area contributed by atoms with Gasteiger partial charge in [0, 0.05) is 38.3 Å². The Bertz CT molecular complexity index is 768. The highest BCUT2D eigenvalue weighted by Gasteiger charge is 2.22. The first-order chi connectivity index (χ1) is 13.0. The lowest BCUT2D eigenvalue weighted by molar-refractivity contribution is -0.0705. The van der Waals surface area contributed by atoms with Crippen LogP contribution in [0.5, 0.6) is 0 Å². The van der Waals surface area contributed by atoms with Crippen LogP contribution >= 0.6 is 0 Å². The minimum Gasteiger partial charge on any atom is -0.373 e. The Labute approximate surface area is 161 Å². The Hall–Kier alpha value is -2.21. The van der Waals surface area contributed by atoms with Gasteiger partial charge in [0.05, 0.1) is 12.2 Å². The Kier molecular flexibility index (Phi) is 6.61. The van der Waals surface area contributed by atoms with E-state index in [4.69, 9.17) is 10.5 Å². The molecule has 1 fully saturated rings. The predicted molar refractivity (Wildman–Crippen MR) is 107 cm³/mol. The fourth-order valence-corrected chi connectivity index (χ4v) is 3.71. The van der Waals surface area contributed by atoms with Gasteiger partial charge in [-0.3, -0.25) is 9.69 Å². The minimum atomic E-state index is -0.392. The number of nitrogens with one attached hydrogen (secondary N) is 1. The van der Waals surface area contributed by atoms with Crippen LogP contribution in [0.2, 0.25) is 0 Å². The molecule has 0 aromatic heterocycles. The molecule has 5 nitrogen and oxygen atoms in total. The van der Waals surface area contributed by atoms with E-state index < -0.39 is 5.91 Å². The second-order valence-corrected chi connectivity index (χ2v) is 7.39. The highest BCUT2D eigenvalue weighted by molar-refractivity contribution is 5.92. The third-order valence-corrected chi connectivity index (χ3v) is 4.86. The molecule has 0 spiro atoms. The molecular formula is C22H29N3O2. The quantitative estimate of drug-likeness (QED) is 0.790. The summed E-state index contributed by atoms with van der Waals surface area (Å²) >= 11 is 0. The molecule has 2 unspecified atom stereocenters. The summed E-state index contributed by atoms with van der Waals surface area (Å²) < 4.78 is 5.84. The van der Waals surface area contributed by atoms with E-state index in [9.17, 15) is 4.79 Å². The van der Waals surface area contributed by atoms with E-state index in [2.05, 4.69) is 48.3 Å². The minimum absolute atomic E-state index is 0.275. The normalized spacial score (nSPS) is 20.5. The maximum atomic E-state index is 11.3. The van der Waals surface area contributed by atoms with E-state index >= 15 is 0 Å². The molecule has 1 aliphatic rings. The molecule has 3 N–H and O–H groups in total. The van der Waals surface area contributed by atoms with Gasteiger partial charge in [-0.2, -0.15) is 0 Å². The Morgan fingerprint density at radius 3 is 2.48 bits per heavy atom. The van der Waals surface area contributed by atoms with Crippen molar-refractivity contribution in [1.29, 1.82) is 0 Å². The molecule has 27 heavy (non-hydrogen) atoms. The van der Waals surface area contributed by atoms with Gasteiger partial charge in [-0.25, -0.2) is 0 Å². The van der Waals surface area contributed by atoms with Crippen molar-refractivity contribution in [3.8, 4) is 0 Å². The van der Waals surface area contributed by atoms with Crippen molar-refractivity contribution < 1.29 is 9.53 Å². The number of benzene rings is 2. The monoisotopic (exact) mass is 367 g/mol. The van der Waals surface area contributed by atoms with E-state index in [1.165, 1.54) is 11.1 Å². The van der Waals surface area contributed by atoms with Crippen molar-refractivity contribution in [2.45, 2.75) is 45.7 Å². The van der Waals surface area contributed by atoms with Crippen molar-refractivity contribution in [3.05, 3.63) is 70.8 Å². The Morgan fingerprint density at radius 1 is 1.07 bits per heavy atom. The summed E-state index contributed by atoms with van der Waals surface area (Å²) in [5, 5.41) is 3.48. The van der Waals surface area contributed by atoms with Crippen LogP contribution in [0.4, 0.5) is 0 Å².